The van der Waals surface area contributed by atoms with Gasteiger partial charge in [0.25, 0.3) is 5.91 Å². The van der Waals surface area contributed by atoms with E-state index in [4.69, 9.17) is 17.0 Å². The number of nitrogens with one attached hydrogen (secondary N) is 3. The maximum atomic E-state index is 11.2. The van der Waals surface area contributed by atoms with Crippen LogP contribution in [0, 0.1) is 4.77 Å². The number of imidazole rings is 1. The molecule has 17 heavy (non-hydrogen) atoms. The zero-order valence-electron chi connectivity index (χ0n) is 8.74. The lowest BCUT2D eigenvalue weighted by Gasteiger charge is -2.18. The summed E-state index contributed by atoms with van der Waals surface area (Å²) in [5.41, 5.74) is 2.48. The van der Waals surface area contributed by atoms with E-state index in [2.05, 4.69) is 15.3 Å². The first-order valence-corrected chi connectivity index (χ1v) is 5.48. The van der Waals surface area contributed by atoms with Gasteiger partial charge in [-0.3, -0.25) is 4.79 Å². The molecule has 1 amide bonds. The van der Waals surface area contributed by atoms with Crippen LogP contribution in [0.25, 0.3) is 11.3 Å². The summed E-state index contributed by atoms with van der Waals surface area (Å²) in [5.74, 6) is 0.541. The smallest absolute Gasteiger partial charge is 0.262 e. The molecular weight excluding hydrogens is 238 g/mol. The van der Waals surface area contributed by atoms with Gasteiger partial charge in [0.2, 0.25) is 0 Å². The predicted molar refractivity (Wildman–Crippen MR) is 65.5 cm³/mol. The number of H-pyrrole nitrogens is 2. The molecule has 6 heteroatoms. The highest BCUT2D eigenvalue weighted by Gasteiger charge is 2.16. The first-order chi connectivity index (χ1) is 8.22. The van der Waals surface area contributed by atoms with Gasteiger partial charge in [0.1, 0.15) is 5.75 Å². The number of aromatic nitrogens is 2. The largest absolute Gasteiger partial charge is 0.482 e. The Morgan fingerprint density at radius 3 is 3.00 bits per heavy atom. The van der Waals surface area contributed by atoms with E-state index in [1.165, 1.54) is 0 Å². The van der Waals surface area contributed by atoms with Crippen molar-refractivity contribution >= 4 is 23.8 Å². The molecule has 0 radical (unpaired) electrons. The molecule has 0 unspecified atom stereocenters. The first kappa shape index (κ1) is 10.1. The summed E-state index contributed by atoms with van der Waals surface area (Å²) in [6.07, 6.45) is 1.79. The third kappa shape index (κ3) is 1.83. The van der Waals surface area contributed by atoms with E-state index in [9.17, 15) is 4.79 Å². The summed E-state index contributed by atoms with van der Waals surface area (Å²) >= 11 is 4.97. The molecule has 0 spiro atoms. The Morgan fingerprint density at radius 2 is 2.24 bits per heavy atom. The lowest BCUT2D eigenvalue weighted by molar-refractivity contribution is -0.118. The predicted octanol–water partition coefficient (Wildman–Crippen LogP) is 2.07. The number of fused-ring (bicyclic) bond motifs is 1. The van der Waals surface area contributed by atoms with Gasteiger partial charge in [0, 0.05) is 11.8 Å². The summed E-state index contributed by atoms with van der Waals surface area (Å²) in [5, 5.41) is 2.76. The second-order valence-electron chi connectivity index (χ2n) is 3.70. The third-order valence-corrected chi connectivity index (χ3v) is 2.74. The van der Waals surface area contributed by atoms with Gasteiger partial charge in [0.05, 0.1) is 11.4 Å². The lowest BCUT2D eigenvalue weighted by atomic mass is 10.1. The van der Waals surface area contributed by atoms with Crippen LogP contribution in [0.3, 0.4) is 0 Å². The SMILES string of the molecule is O=C1COc2ccc(-c3c[nH]c(=S)[nH]3)cc2N1. The Balaban J connectivity index is 2.06. The highest BCUT2D eigenvalue weighted by molar-refractivity contribution is 7.71. The van der Waals surface area contributed by atoms with E-state index in [0.717, 1.165) is 11.3 Å². The first-order valence-electron chi connectivity index (χ1n) is 5.07. The minimum atomic E-state index is -0.142. The minimum Gasteiger partial charge on any atom is -0.482 e. The molecule has 1 aliphatic heterocycles. The van der Waals surface area contributed by atoms with E-state index in [-0.39, 0.29) is 12.5 Å². The fourth-order valence-corrected chi connectivity index (χ4v) is 1.91. The molecule has 2 aromatic rings. The van der Waals surface area contributed by atoms with Crippen molar-refractivity contribution < 1.29 is 9.53 Å². The Morgan fingerprint density at radius 1 is 1.35 bits per heavy atom. The van der Waals surface area contributed by atoms with Crippen molar-refractivity contribution in [2.45, 2.75) is 0 Å². The summed E-state index contributed by atoms with van der Waals surface area (Å²) < 4.78 is 5.85. The molecule has 0 saturated carbocycles. The molecule has 0 fully saturated rings. The van der Waals surface area contributed by atoms with Gasteiger partial charge < -0.3 is 20.0 Å². The van der Waals surface area contributed by atoms with Crippen LogP contribution in [-0.2, 0) is 4.79 Å². The van der Waals surface area contributed by atoms with E-state index < -0.39 is 0 Å². The van der Waals surface area contributed by atoms with Crippen LogP contribution in [0.4, 0.5) is 5.69 Å². The average molecular weight is 247 g/mol. The van der Waals surface area contributed by atoms with Crippen LogP contribution in [0.1, 0.15) is 0 Å². The standard InChI is InChI=1S/C11H9N3O2S/c15-10-5-16-9-2-1-6(3-7(9)13-10)8-4-12-11(17)14-8/h1-4H,5H2,(H,13,15)(H2,12,14,17). The molecule has 2 heterocycles. The molecule has 86 valence electrons. The number of carbonyl (C=O) groups excluding carboxylic acids is 1. The van der Waals surface area contributed by atoms with Crippen molar-refractivity contribution in [3.05, 3.63) is 29.2 Å². The molecular formula is C11H9N3O2S. The van der Waals surface area contributed by atoms with E-state index in [0.29, 0.717) is 16.2 Å². The minimum absolute atomic E-state index is 0.0684. The van der Waals surface area contributed by atoms with Crippen molar-refractivity contribution in [2.75, 3.05) is 11.9 Å². The van der Waals surface area contributed by atoms with Crippen LogP contribution in [0.2, 0.25) is 0 Å². The molecule has 5 nitrogen and oxygen atoms in total. The number of anilines is 1. The number of carbonyl (C=O) groups is 1. The molecule has 3 N–H and O–H groups in total. The maximum absolute atomic E-state index is 11.2. The third-order valence-electron chi connectivity index (χ3n) is 2.52. The highest BCUT2D eigenvalue weighted by atomic mass is 32.1. The maximum Gasteiger partial charge on any atom is 0.262 e. The topological polar surface area (TPSA) is 69.9 Å². The average Bonchev–Trinajstić information content (AvgIpc) is 2.75. The number of amides is 1. The molecule has 0 atom stereocenters. The molecule has 3 rings (SSSR count). The van der Waals surface area contributed by atoms with Crippen molar-refractivity contribution in [1.29, 1.82) is 0 Å². The van der Waals surface area contributed by atoms with Gasteiger partial charge in [-0.05, 0) is 30.4 Å². The number of hydrogen-bond donors (Lipinski definition) is 3. The van der Waals surface area contributed by atoms with Crippen LogP contribution in [-0.4, -0.2) is 22.5 Å². The van der Waals surface area contributed by atoms with Crippen LogP contribution >= 0.6 is 12.2 Å². The molecule has 0 bridgehead atoms. The number of ether oxygens (including phenoxy) is 1. The highest BCUT2D eigenvalue weighted by Crippen LogP contribution is 2.31. The Labute approximate surface area is 102 Å². The van der Waals surface area contributed by atoms with Gasteiger partial charge in [0.15, 0.2) is 11.4 Å². The molecule has 0 aliphatic carbocycles. The molecule has 1 aromatic heterocycles. The summed E-state index contributed by atoms with van der Waals surface area (Å²) in [7, 11) is 0. The Hall–Kier alpha value is -2.08. The monoisotopic (exact) mass is 247 g/mol. The van der Waals surface area contributed by atoms with Gasteiger partial charge >= 0.3 is 0 Å². The second kappa shape index (κ2) is 3.74. The van der Waals surface area contributed by atoms with Gasteiger partial charge in [-0.1, -0.05) is 0 Å². The summed E-state index contributed by atoms with van der Waals surface area (Å²) in [6, 6.07) is 5.58. The van der Waals surface area contributed by atoms with Crippen molar-refractivity contribution in [1.82, 2.24) is 9.97 Å². The Kier molecular flexibility index (Phi) is 2.22. The quantitative estimate of drug-likeness (QED) is 0.676. The summed E-state index contributed by atoms with van der Waals surface area (Å²) in [6.45, 7) is 0.0684. The van der Waals surface area contributed by atoms with Gasteiger partial charge in [-0.2, -0.15) is 0 Å². The number of benzene rings is 1. The molecule has 1 aromatic carbocycles. The number of rotatable bonds is 1. The normalized spacial score (nSPS) is 13.8. The summed E-state index contributed by atoms with van der Waals surface area (Å²) in [4.78, 5) is 17.1. The lowest BCUT2D eigenvalue weighted by Crippen LogP contribution is -2.25. The van der Waals surface area contributed by atoms with Gasteiger partial charge in [-0.25, -0.2) is 0 Å². The van der Waals surface area contributed by atoms with Crippen molar-refractivity contribution in [3.63, 3.8) is 0 Å². The van der Waals surface area contributed by atoms with Crippen LogP contribution in [0.15, 0.2) is 24.4 Å². The van der Waals surface area contributed by atoms with Crippen molar-refractivity contribution in [3.8, 4) is 17.0 Å². The van der Waals surface area contributed by atoms with Crippen LogP contribution < -0.4 is 10.1 Å². The fraction of sp³-hybridized carbons (Fsp3) is 0.0909. The van der Waals surface area contributed by atoms with Gasteiger partial charge in [-0.15, -0.1) is 0 Å². The zero-order valence-corrected chi connectivity index (χ0v) is 9.56. The Bertz CT molecular complexity index is 644. The number of aromatic amines is 2. The second-order valence-corrected chi connectivity index (χ2v) is 4.11. The fourth-order valence-electron chi connectivity index (χ4n) is 1.74. The van der Waals surface area contributed by atoms with Crippen molar-refractivity contribution in [2.24, 2.45) is 0 Å². The zero-order chi connectivity index (χ0) is 11.8. The van der Waals surface area contributed by atoms with Crippen LogP contribution in [0.5, 0.6) is 5.75 Å². The molecule has 0 saturated heterocycles. The van der Waals surface area contributed by atoms with E-state index in [1.54, 1.807) is 6.20 Å². The van der Waals surface area contributed by atoms with E-state index in [1.807, 2.05) is 18.2 Å². The number of hydrogen-bond acceptors (Lipinski definition) is 3. The van der Waals surface area contributed by atoms with E-state index >= 15 is 0 Å². The molecule has 1 aliphatic rings.